The van der Waals surface area contributed by atoms with Gasteiger partial charge in [-0.1, -0.05) is 25.0 Å². The molecule has 2 unspecified atom stereocenters. The second kappa shape index (κ2) is 8.41. The van der Waals surface area contributed by atoms with Crippen molar-refractivity contribution in [3.05, 3.63) is 29.8 Å². The Kier molecular flexibility index (Phi) is 6.00. The minimum Gasteiger partial charge on any atom is -0.497 e. The highest BCUT2D eigenvalue weighted by Crippen LogP contribution is 2.35. The molecule has 2 fully saturated rings. The standard InChI is InChI=1S/C20H31N3O/c1-3-21-20(23-14-17-8-4-5-9-18(17)15-23)22-12-11-16-7-6-10-19(13-16)24-2/h6-7,10,13,17-18H,3-5,8-9,11-12,14-15H2,1-2H3,(H,21,22). The Morgan fingerprint density at radius 3 is 2.67 bits per heavy atom. The van der Waals surface area contributed by atoms with Crippen LogP contribution < -0.4 is 10.1 Å². The predicted octanol–water partition coefficient (Wildman–Crippen LogP) is 3.33. The van der Waals surface area contributed by atoms with Gasteiger partial charge in [-0.15, -0.1) is 0 Å². The Bertz CT molecular complexity index is 544. The topological polar surface area (TPSA) is 36.9 Å². The van der Waals surface area contributed by atoms with Gasteiger partial charge in [0, 0.05) is 26.2 Å². The van der Waals surface area contributed by atoms with Gasteiger partial charge < -0.3 is 15.0 Å². The number of nitrogens with one attached hydrogen (secondary N) is 1. The number of rotatable bonds is 5. The molecule has 2 aliphatic rings. The summed E-state index contributed by atoms with van der Waals surface area (Å²) in [5.74, 6) is 3.81. The fourth-order valence-corrected chi connectivity index (χ4v) is 4.12. The van der Waals surface area contributed by atoms with E-state index < -0.39 is 0 Å². The van der Waals surface area contributed by atoms with Crippen molar-refractivity contribution >= 4 is 5.96 Å². The molecule has 4 heteroatoms. The number of guanidine groups is 1. The minimum absolute atomic E-state index is 0.821. The van der Waals surface area contributed by atoms with Crippen LogP contribution in [0.4, 0.5) is 0 Å². The summed E-state index contributed by atoms with van der Waals surface area (Å²) >= 11 is 0. The molecule has 24 heavy (non-hydrogen) atoms. The largest absolute Gasteiger partial charge is 0.497 e. The van der Waals surface area contributed by atoms with Gasteiger partial charge in [0.1, 0.15) is 5.75 Å². The van der Waals surface area contributed by atoms with Crippen LogP contribution in [0.25, 0.3) is 0 Å². The normalized spacial score (nSPS) is 23.9. The summed E-state index contributed by atoms with van der Waals surface area (Å²) < 4.78 is 5.30. The zero-order chi connectivity index (χ0) is 16.8. The number of nitrogens with zero attached hydrogens (tertiary/aromatic N) is 2. The van der Waals surface area contributed by atoms with Gasteiger partial charge >= 0.3 is 0 Å². The van der Waals surface area contributed by atoms with Crippen LogP contribution >= 0.6 is 0 Å². The highest BCUT2D eigenvalue weighted by Gasteiger charge is 2.35. The Morgan fingerprint density at radius 2 is 2.00 bits per heavy atom. The van der Waals surface area contributed by atoms with Gasteiger partial charge in [0.05, 0.1) is 7.11 Å². The van der Waals surface area contributed by atoms with Crippen molar-refractivity contribution in [3.63, 3.8) is 0 Å². The molecular formula is C20H31N3O. The summed E-state index contributed by atoms with van der Waals surface area (Å²) in [6.45, 7) is 6.29. The summed E-state index contributed by atoms with van der Waals surface area (Å²) in [5.41, 5.74) is 1.28. The molecule has 1 aliphatic heterocycles. The number of likely N-dealkylation sites (tertiary alicyclic amines) is 1. The molecule has 1 aliphatic carbocycles. The first-order valence-corrected chi connectivity index (χ1v) is 9.46. The summed E-state index contributed by atoms with van der Waals surface area (Å²) in [7, 11) is 1.72. The van der Waals surface area contributed by atoms with Crippen LogP contribution in [0, 0.1) is 11.8 Å². The number of ether oxygens (including phenoxy) is 1. The zero-order valence-electron chi connectivity index (χ0n) is 15.1. The zero-order valence-corrected chi connectivity index (χ0v) is 15.1. The minimum atomic E-state index is 0.821. The van der Waals surface area contributed by atoms with Crippen LogP contribution in [0.15, 0.2) is 29.3 Å². The number of hydrogen-bond acceptors (Lipinski definition) is 2. The van der Waals surface area contributed by atoms with E-state index in [9.17, 15) is 0 Å². The number of methoxy groups -OCH3 is 1. The molecule has 2 atom stereocenters. The van der Waals surface area contributed by atoms with E-state index in [2.05, 4.69) is 29.3 Å². The molecule has 1 aromatic carbocycles. The van der Waals surface area contributed by atoms with Crippen molar-refractivity contribution in [2.24, 2.45) is 16.8 Å². The van der Waals surface area contributed by atoms with Crippen LogP contribution in [-0.4, -0.2) is 44.1 Å². The maximum Gasteiger partial charge on any atom is 0.193 e. The maximum absolute atomic E-state index is 5.30. The van der Waals surface area contributed by atoms with Crippen LogP contribution in [0.5, 0.6) is 5.75 Å². The summed E-state index contributed by atoms with van der Waals surface area (Å²) in [4.78, 5) is 7.39. The summed E-state index contributed by atoms with van der Waals surface area (Å²) in [5, 5.41) is 3.49. The van der Waals surface area contributed by atoms with Crippen molar-refractivity contribution in [2.75, 3.05) is 33.3 Å². The monoisotopic (exact) mass is 329 g/mol. The molecule has 1 aromatic rings. The SMILES string of the molecule is CCNC(=NCCc1cccc(OC)c1)N1CC2CCCCC2C1. The van der Waals surface area contributed by atoms with Crippen LogP contribution in [0.2, 0.25) is 0 Å². The Balaban J connectivity index is 1.59. The summed E-state index contributed by atoms with van der Waals surface area (Å²) in [6, 6.07) is 8.29. The highest BCUT2D eigenvalue weighted by atomic mass is 16.5. The molecule has 0 amide bonds. The van der Waals surface area contributed by atoms with Gasteiger partial charge in [-0.25, -0.2) is 0 Å². The fraction of sp³-hybridized carbons (Fsp3) is 0.650. The number of hydrogen-bond donors (Lipinski definition) is 1. The lowest BCUT2D eigenvalue weighted by atomic mass is 9.82. The first-order chi connectivity index (χ1) is 11.8. The molecule has 132 valence electrons. The maximum atomic E-state index is 5.30. The molecule has 0 aromatic heterocycles. The molecule has 1 N–H and O–H groups in total. The lowest BCUT2D eigenvalue weighted by Crippen LogP contribution is -2.40. The van der Waals surface area contributed by atoms with Crippen molar-refractivity contribution in [3.8, 4) is 5.75 Å². The summed E-state index contributed by atoms with van der Waals surface area (Å²) in [6.07, 6.45) is 6.60. The highest BCUT2D eigenvalue weighted by molar-refractivity contribution is 5.80. The number of fused-ring (bicyclic) bond motifs is 1. The van der Waals surface area contributed by atoms with Crippen molar-refractivity contribution in [1.82, 2.24) is 10.2 Å². The Morgan fingerprint density at radius 1 is 1.25 bits per heavy atom. The molecule has 3 rings (SSSR count). The molecule has 1 saturated carbocycles. The molecular weight excluding hydrogens is 298 g/mol. The third-order valence-corrected chi connectivity index (χ3v) is 5.41. The molecule has 1 saturated heterocycles. The molecule has 1 heterocycles. The first-order valence-electron chi connectivity index (χ1n) is 9.46. The van der Waals surface area contributed by atoms with E-state index in [4.69, 9.17) is 9.73 Å². The average Bonchev–Trinajstić information content (AvgIpc) is 3.05. The Labute approximate surface area is 146 Å². The van der Waals surface area contributed by atoms with Gasteiger partial charge in [-0.2, -0.15) is 0 Å². The third kappa shape index (κ3) is 4.22. The molecule has 0 spiro atoms. The fourth-order valence-electron chi connectivity index (χ4n) is 4.12. The van der Waals surface area contributed by atoms with E-state index in [1.54, 1.807) is 7.11 Å². The van der Waals surface area contributed by atoms with Crippen molar-refractivity contribution in [1.29, 1.82) is 0 Å². The number of benzene rings is 1. The quantitative estimate of drug-likeness (QED) is 0.665. The Hall–Kier alpha value is -1.71. The van der Waals surface area contributed by atoms with E-state index in [-0.39, 0.29) is 0 Å². The van der Waals surface area contributed by atoms with E-state index in [1.165, 1.54) is 44.3 Å². The van der Waals surface area contributed by atoms with Gasteiger partial charge in [-0.05, 0) is 55.7 Å². The number of aliphatic imine (C=N–C) groups is 1. The van der Waals surface area contributed by atoms with Crippen LogP contribution in [0.3, 0.4) is 0 Å². The van der Waals surface area contributed by atoms with Crippen LogP contribution in [0.1, 0.15) is 38.2 Å². The van der Waals surface area contributed by atoms with E-state index in [0.29, 0.717) is 0 Å². The predicted molar refractivity (Wildman–Crippen MR) is 99.7 cm³/mol. The molecule has 0 bridgehead atoms. The lowest BCUT2D eigenvalue weighted by Gasteiger charge is -2.22. The lowest BCUT2D eigenvalue weighted by molar-refractivity contribution is 0.299. The first kappa shape index (κ1) is 17.1. The second-order valence-electron chi connectivity index (χ2n) is 7.05. The van der Waals surface area contributed by atoms with E-state index >= 15 is 0 Å². The smallest absolute Gasteiger partial charge is 0.193 e. The van der Waals surface area contributed by atoms with E-state index in [0.717, 1.165) is 43.1 Å². The van der Waals surface area contributed by atoms with Gasteiger partial charge in [0.15, 0.2) is 5.96 Å². The second-order valence-corrected chi connectivity index (χ2v) is 7.05. The molecule has 4 nitrogen and oxygen atoms in total. The van der Waals surface area contributed by atoms with Crippen LogP contribution in [-0.2, 0) is 6.42 Å². The van der Waals surface area contributed by atoms with Gasteiger partial charge in [-0.3, -0.25) is 4.99 Å². The van der Waals surface area contributed by atoms with Crippen molar-refractivity contribution < 1.29 is 4.74 Å². The third-order valence-electron chi connectivity index (χ3n) is 5.41. The average molecular weight is 329 g/mol. The van der Waals surface area contributed by atoms with Gasteiger partial charge in [0.25, 0.3) is 0 Å². The van der Waals surface area contributed by atoms with E-state index in [1.807, 2.05) is 12.1 Å². The molecule has 0 radical (unpaired) electrons. The van der Waals surface area contributed by atoms with Crippen molar-refractivity contribution in [2.45, 2.75) is 39.0 Å². The van der Waals surface area contributed by atoms with Gasteiger partial charge in [0.2, 0.25) is 0 Å².